The molecule has 0 unspecified atom stereocenters. The Balaban J connectivity index is 2.64. The Morgan fingerprint density at radius 2 is 2.00 bits per heavy atom. The van der Waals surface area contributed by atoms with E-state index in [1.165, 1.54) is 18.2 Å². The fourth-order valence-electron chi connectivity index (χ4n) is 1.22. The average Bonchev–Trinajstić information content (AvgIpc) is 2.18. The molecule has 5 N–H and O–H groups in total. The van der Waals surface area contributed by atoms with E-state index >= 15 is 0 Å². The molecule has 7 heteroatoms. The summed E-state index contributed by atoms with van der Waals surface area (Å²) in [6.07, 6.45) is -5.17. The monoisotopic (exact) mass is 247 g/mol. The minimum absolute atomic E-state index is 0.184. The molecular formula is C10H12F3N3O. The van der Waals surface area contributed by atoms with E-state index in [0.29, 0.717) is 5.69 Å². The highest BCUT2D eigenvalue weighted by Gasteiger charge is 2.26. The number of halogens is 3. The standard InChI is InChI=1S/C10H12F3N3O/c11-10(12,13)3-4-16-8-2-1-6(9(15)17)5-7(8)14/h1-2,5,16H,3-4,14H2,(H2,15,17). The first-order valence-corrected chi connectivity index (χ1v) is 4.79. The van der Waals surface area contributed by atoms with Crippen molar-refractivity contribution in [1.82, 2.24) is 0 Å². The molecule has 0 saturated heterocycles. The van der Waals surface area contributed by atoms with Crippen LogP contribution in [0.15, 0.2) is 18.2 Å². The zero-order chi connectivity index (χ0) is 13.1. The molecule has 0 saturated carbocycles. The topological polar surface area (TPSA) is 81.1 Å². The van der Waals surface area contributed by atoms with Gasteiger partial charge in [0.25, 0.3) is 0 Å². The first-order chi connectivity index (χ1) is 7.79. The molecule has 1 amide bonds. The van der Waals surface area contributed by atoms with Crippen LogP contribution in [0.25, 0.3) is 0 Å². The third-order valence-electron chi connectivity index (χ3n) is 2.06. The smallest absolute Gasteiger partial charge is 0.390 e. The van der Waals surface area contributed by atoms with E-state index in [1.54, 1.807) is 0 Å². The highest BCUT2D eigenvalue weighted by molar-refractivity contribution is 5.94. The van der Waals surface area contributed by atoms with Crippen LogP contribution >= 0.6 is 0 Å². The fourth-order valence-corrected chi connectivity index (χ4v) is 1.22. The zero-order valence-electron chi connectivity index (χ0n) is 8.84. The van der Waals surface area contributed by atoms with Crippen LogP contribution in [0, 0.1) is 0 Å². The van der Waals surface area contributed by atoms with Crippen LogP contribution in [0.1, 0.15) is 16.8 Å². The number of primary amides is 1. The first kappa shape index (κ1) is 13.1. The summed E-state index contributed by atoms with van der Waals surface area (Å²) in [5, 5.41) is 2.54. The quantitative estimate of drug-likeness (QED) is 0.709. The summed E-state index contributed by atoms with van der Waals surface area (Å²) < 4.78 is 35.7. The van der Waals surface area contributed by atoms with Gasteiger partial charge in [-0.2, -0.15) is 13.2 Å². The van der Waals surface area contributed by atoms with Gasteiger partial charge >= 0.3 is 6.18 Å². The number of amides is 1. The summed E-state index contributed by atoms with van der Waals surface area (Å²) in [4.78, 5) is 10.8. The molecule has 1 aromatic carbocycles. The molecule has 0 aromatic heterocycles. The van der Waals surface area contributed by atoms with Crippen LogP contribution in [0.5, 0.6) is 0 Å². The summed E-state index contributed by atoms with van der Waals surface area (Å²) in [7, 11) is 0. The second-order valence-electron chi connectivity index (χ2n) is 3.46. The SMILES string of the molecule is NC(=O)c1ccc(NCCC(F)(F)F)c(N)c1. The van der Waals surface area contributed by atoms with E-state index in [4.69, 9.17) is 11.5 Å². The van der Waals surface area contributed by atoms with Crippen LogP contribution in [0.3, 0.4) is 0 Å². The van der Waals surface area contributed by atoms with Gasteiger partial charge in [-0.25, -0.2) is 0 Å². The van der Waals surface area contributed by atoms with Gasteiger partial charge in [0.1, 0.15) is 0 Å². The Bertz CT molecular complexity index is 418. The maximum atomic E-state index is 11.9. The molecule has 0 fully saturated rings. The van der Waals surface area contributed by atoms with E-state index in [1.807, 2.05) is 0 Å². The third kappa shape index (κ3) is 4.21. The molecule has 0 bridgehead atoms. The molecule has 17 heavy (non-hydrogen) atoms. The molecule has 94 valence electrons. The van der Waals surface area contributed by atoms with Crippen molar-refractivity contribution in [2.45, 2.75) is 12.6 Å². The Morgan fingerprint density at radius 1 is 1.35 bits per heavy atom. The van der Waals surface area contributed by atoms with Crippen molar-refractivity contribution in [3.63, 3.8) is 0 Å². The lowest BCUT2D eigenvalue weighted by atomic mass is 10.1. The fraction of sp³-hybridized carbons (Fsp3) is 0.300. The first-order valence-electron chi connectivity index (χ1n) is 4.79. The highest BCUT2D eigenvalue weighted by Crippen LogP contribution is 2.22. The molecule has 0 aliphatic carbocycles. The van der Waals surface area contributed by atoms with E-state index in [9.17, 15) is 18.0 Å². The molecule has 0 spiro atoms. The maximum absolute atomic E-state index is 11.9. The van der Waals surface area contributed by atoms with Crippen LogP contribution in [0.4, 0.5) is 24.5 Å². The van der Waals surface area contributed by atoms with Crippen molar-refractivity contribution < 1.29 is 18.0 Å². The largest absolute Gasteiger partial charge is 0.397 e. The molecular weight excluding hydrogens is 235 g/mol. The van der Waals surface area contributed by atoms with E-state index in [2.05, 4.69) is 5.32 Å². The lowest BCUT2D eigenvalue weighted by molar-refractivity contribution is -0.131. The predicted molar refractivity (Wildman–Crippen MR) is 58.5 cm³/mol. The molecule has 1 aromatic rings. The van der Waals surface area contributed by atoms with Crippen molar-refractivity contribution in [3.05, 3.63) is 23.8 Å². The van der Waals surface area contributed by atoms with E-state index in [0.717, 1.165) is 0 Å². The van der Waals surface area contributed by atoms with Gasteiger partial charge in [0.15, 0.2) is 0 Å². The Kier molecular flexibility index (Phi) is 3.82. The second-order valence-corrected chi connectivity index (χ2v) is 3.46. The number of hydrogen-bond donors (Lipinski definition) is 3. The zero-order valence-corrected chi connectivity index (χ0v) is 8.84. The summed E-state index contributed by atoms with van der Waals surface area (Å²) >= 11 is 0. The number of nitrogens with two attached hydrogens (primary N) is 2. The van der Waals surface area contributed by atoms with Gasteiger partial charge in [0.2, 0.25) is 5.91 Å². The van der Waals surface area contributed by atoms with Gasteiger partial charge in [-0.15, -0.1) is 0 Å². The number of benzene rings is 1. The predicted octanol–water partition coefficient (Wildman–Crippen LogP) is 1.73. The van der Waals surface area contributed by atoms with Crippen molar-refractivity contribution in [1.29, 1.82) is 0 Å². The number of nitrogens with one attached hydrogen (secondary N) is 1. The van der Waals surface area contributed by atoms with Crippen LogP contribution in [-0.4, -0.2) is 18.6 Å². The minimum Gasteiger partial charge on any atom is -0.397 e. The van der Waals surface area contributed by atoms with Gasteiger partial charge in [0, 0.05) is 12.1 Å². The lowest BCUT2D eigenvalue weighted by Crippen LogP contribution is -2.16. The summed E-state index contributed by atoms with van der Waals surface area (Å²) in [5.41, 5.74) is 11.3. The Morgan fingerprint density at radius 3 is 2.47 bits per heavy atom. The maximum Gasteiger partial charge on any atom is 0.390 e. The van der Waals surface area contributed by atoms with Crippen molar-refractivity contribution in [2.24, 2.45) is 5.73 Å². The lowest BCUT2D eigenvalue weighted by Gasteiger charge is -2.11. The van der Waals surface area contributed by atoms with Crippen molar-refractivity contribution in [2.75, 3.05) is 17.6 Å². The molecule has 0 radical (unpaired) electrons. The summed E-state index contributed by atoms with van der Waals surface area (Å²) in [5.74, 6) is -0.640. The Labute approximate surface area is 95.8 Å². The van der Waals surface area contributed by atoms with Crippen molar-refractivity contribution >= 4 is 17.3 Å². The van der Waals surface area contributed by atoms with Crippen LogP contribution in [0.2, 0.25) is 0 Å². The summed E-state index contributed by atoms with van der Waals surface area (Å²) in [6.45, 7) is -0.274. The minimum atomic E-state index is -4.21. The normalized spacial score (nSPS) is 11.2. The number of anilines is 2. The molecule has 0 aliphatic rings. The molecule has 0 atom stereocenters. The van der Waals surface area contributed by atoms with Crippen LogP contribution < -0.4 is 16.8 Å². The number of nitrogen functional groups attached to an aromatic ring is 1. The number of alkyl halides is 3. The van der Waals surface area contributed by atoms with Gasteiger partial charge in [-0.05, 0) is 18.2 Å². The van der Waals surface area contributed by atoms with Gasteiger partial charge in [-0.3, -0.25) is 4.79 Å². The Hall–Kier alpha value is -1.92. The van der Waals surface area contributed by atoms with Gasteiger partial charge in [-0.1, -0.05) is 0 Å². The second kappa shape index (κ2) is 4.94. The molecule has 0 heterocycles. The molecule has 0 aliphatic heterocycles. The third-order valence-corrected chi connectivity index (χ3v) is 2.06. The number of carbonyl (C=O) groups is 1. The highest BCUT2D eigenvalue weighted by atomic mass is 19.4. The molecule has 4 nitrogen and oxygen atoms in total. The number of carbonyl (C=O) groups excluding carboxylic acids is 1. The van der Waals surface area contributed by atoms with Crippen molar-refractivity contribution in [3.8, 4) is 0 Å². The van der Waals surface area contributed by atoms with Gasteiger partial charge in [0.05, 0.1) is 17.8 Å². The molecule has 1 rings (SSSR count). The van der Waals surface area contributed by atoms with E-state index in [-0.39, 0.29) is 17.8 Å². The number of hydrogen-bond acceptors (Lipinski definition) is 3. The van der Waals surface area contributed by atoms with Crippen LogP contribution in [-0.2, 0) is 0 Å². The van der Waals surface area contributed by atoms with E-state index < -0.39 is 18.5 Å². The van der Waals surface area contributed by atoms with Gasteiger partial charge < -0.3 is 16.8 Å². The number of rotatable bonds is 4. The average molecular weight is 247 g/mol. The summed E-state index contributed by atoms with van der Waals surface area (Å²) in [6, 6.07) is 4.14.